The Morgan fingerprint density at radius 1 is 1.08 bits per heavy atom. The van der Waals surface area contributed by atoms with Crippen LogP contribution in [0.1, 0.15) is 72.8 Å². The van der Waals surface area contributed by atoms with E-state index < -0.39 is 79.7 Å². The summed E-state index contributed by atoms with van der Waals surface area (Å²) in [5.74, 6) is -2.21. The number of aromatic nitrogens is 1. The van der Waals surface area contributed by atoms with Gasteiger partial charge in [-0.1, -0.05) is 39.0 Å². The molecule has 49 heavy (non-hydrogen) atoms. The molecule has 1 aromatic carbocycles. The Bertz CT molecular complexity index is 1780. The molecule has 4 amide bonds. The van der Waals surface area contributed by atoms with Gasteiger partial charge in [0.05, 0.1) is 11.8 Å². The van der Waals surface area contributed by atoms with E-state index in [9.17, 15) is 27.6 Å². The van der Waals surface area contributed by atoms with Gasteiger partial charge in [0.25, 0.3) is 5.91 Å². The second-order valence-corrected chi connectivity index (χ2v) is 17.4. The fraction of sp³-hybridized carbons (Fsp3) is 0.571. The van der Waals surface area contributed by atoms with Crippen molar-refractivity contribution in [1.82, 2.24) is 25.2 Å². The molecule has 2 aromatic rings. The molecule has 3 N–H and O–H groups in total. The SMILES string of the molecule is C=CC1CC1(NC(=O)C1CC(Oc2nccc3c(C)cccc23)CN1C(=O)C(NC(=O)OC(C)(C)C)C(C)(C)C)C(=O)NS(=O)(=O)C1CC1. The second kappa shape index (κ2) is 12.9. The predicted molar refractivity (Wildman–Crippen MR) is 183 cm³/mol. The Morgan fingerprint density at radius 3 is 2.37 bits per heavy atom. The third-order valence-electron chi connectivity index (χ3n) is 9.14. The maximum atomic E-state index is 14.4. The highest BCUT2D eigenvalue weighted by Crippen LogP contribution is 2.45. The summed E-state index contributed by atoms with van der Waals surface area (Å²) in [6, 6.07) is 5.40. The average molecular weight is 698 g/mol. The fourth-order valence-electron chi connectivity index (χ4n) is 6.22. The third-order valence-corrected chi connectivity index (χ3v) is 11.0. The molecule has 14 heteroatoms. The zero-order chi connectivity index (χ0) is 36.1. The van der Waals surface area contributed by atoms with Crippen LogP contribution < -0.4 is 20.1 Å². The molecule has 0 bridgehead atoms. The van der Waals surface area contributed by atoms with Crippen LogP contribution in [0, 0.1) is 18.3 Å². The lowest BCUT2D eigenvalue weighted by molar-refractivity contribution is -0.143. The highest BCUT2D eigenvalue weighted by molar-refractivity contribution is 7.91. The minimum absolute atomic E-state index is 0.0243. The van der Waals surface area contributed by atoms with Gasteiger partial charge in [-0.2, -0.15) is 0 Å². The zero-order valence-electron chi connectivity index (χ0n) is 29.2. The van der Waals surface area contributed by atoms with Gasteiger partial charge in [-0.05, 0) is 75.5 Å². The monoisotopic (exact) mass is 697 g/mol. The first-order chi connectivity index (χ1) is 22.8. The standard InChI is InChI=1S/C35H47N5O8S/c1-9-21-18-35(21,31(43)39-49(45,46)23-13-14-23)38-28(41)26-17-22(47-29-25-12-10-11-20(2)24(25)15-16-36-29)19-40(26)30(42)27(33(3,4)5)37-32(44)48-34(6,7)8/h9-12,15-16,21-23,26-27H,1,13-14,17-19H2,2-8H3,(H,37,44)(H,38,41)(H,39,43). The van der Waals surface area contributed by atoms with E-state index in [4.69, 9.17) is 9.47 Å². The third kappa shape index (κ3) is 7.84. The molecular formula is C35H47N5O8S. The van der Waals surface area contributed by atoms with Gasteiger partial charge in [0.15, 0.2) is 0 Å². The predicted octanol–water partition coefficient (Wildman–Crippen LogP) is 3.50. The van der Waals surface area contributed by atoms with E-state index in [-0.39, 0.29) is 19.4 Å². The van der Waals surface area contributed by atoms with E-state index in [0.29, 0.717) is 18.7 Å². The van der Waals surface area contributed by atoms with E-state index in [2.05, 4.69) is 26.9 Å². The number of fused-ring (bicyclic) bond motifs is 1. The van der Waals surface area contributed by atoms with Crippen LogP contribution in [0.4, 0.5) is 4.79 Å². The lowest BCUT2D eigenvalue weighted by atomic mass is 9.85. The Balaban J connectivity index is 1.44. The van der Waals surface area contributed by atoms with E-state index in [0.717, 1.165) is 16.3 Å². The first kappa shape index (κ1) is 36.1. The van der Waals surface area contributed by atoms with Crippen LogP contribution in [0.25, 0.3) is 10.8 Å². The number of nitrogens with one attached hydrogen (secondary N) is 3. The lowest BCUT2D eigenvalue weighted by Gasteiger charge is -2.36. The van der Waals surface area contributed by atoms with E-state index in [1.54, 1.807) is 47.7 Å². The summed E-state index contributed by atoms with van der Waals surface area (Å²) in [7, 11) is -3.89. The number of amides is 4. The number of carbonyl (C=O) groups is 4. The van der Waals surface area contributed by atoms with Crippen LogP contribution >= 0.6 is 0 Å². The van der Waals surface area contributed by atoms with Crippen molar-refractivity contribution in [2.75, 3.05) is 6.54 Å². The quantitative estimate of drug-likeness (QED) is 0.314. The van der Waals surface area contributed by atoms with Gasteiger partial charge >= 0.3 is 6.09 Å². The summed E-state index contributed by atoms with van der Waals surface area (Å²) in [5.41, 5.74) is -2.13. The van der Waals surface area contributed by atoms with Crippen LogP contribution in [0.3, 0.4) is 0 Å². The minimum atomic E-state index is -3.89. The molecule has 13 nitrogen and oxygen atoms in total. The van der Waals surface area contributed by atoms with Crippen LogP contribution in [0.2, 0.25) is 0 Å². The Morgan fingerprint density at radius 2 is 1.78 bits per heavy atom. The van der Waals surface area contributed by atoms with Gasteiger partial charge in [-0.15, -0.1) is 6.58 Å². The largest absolute Gasteiger partial charge is 0.472 e. The van der Waals surface area contributed by atoms with Crippen LogP contribution in [-0.4, -0.2) is 83.2 Å². The Hall–Kier alpha value is -4.20. The number of likely N-dealkylation sites (tertiary alicyclic amines) is 1. The molecule has 5 atom stereocenters. The number of carbonyl (C=O) groups excluding carboxylic acids is 4. The Kier molecular flexibility index (Phi) is 9.52. The number of pyridine rings is 1. The van der Waals surface area contributed by atoms with Crippen molar-refractivity contribution in [3.63, 3.8) is 0 Å². The molecule has 2 saturated carbocycles. The van der Waals surface area contributed by atoms with Crippen molar-refractivity contribution in [2.24, 2.45) is 11.3 Å². The van der Waals surface area contributed by atoms with Crippen molar-refractivity contribution >= 4 is 44.6 Å². The molecule has 1 aromatic heterocycles. The van der Waals surface area contributed by atoms with E-state index in [1.165, 1.54) is 11.0 Å². The van der Waals surface area contributed by atoms with E-state index >= 15 is 0 Å². The summed E-state index contributed by atoms with van der Waals surface area (Å²) in [6.07, 6.45) is 2.78. The Labute approximate surface area is 287 Å². The highest BCUT2D eigenvalue weighted by atomic mass is 32.2. The minimum Gasteiger partial charge on any atom is -0.472 e. The molecule has 3 fully saturated rings. The number of benzene rings is 1. The first-order valence-corrected chi connectivity index (χ1v) is 18.1. The summed E-state index contributed by atoms with van der Waals surface area (Å²) < 4.78 is 39.3. The van der Waals surface area contributed by atoms with E-state index in [1.807, 2.05) is 31.2 Å². The summed E-state index contributed by atoms with van der Waals surface area (Å²) in [6.45, 7) is 16.2. The van der Waals surface area contributed by atoms with Gasteiger partial charge < -0.3 is 25.0 Å². The fourth-order valence-corrected chi connectivity index (χ4v) is 7.59. The van der Waals surface area contributed by atoms with Gasteiger partial charge in [-0.3, -0.25) is 19.1 Å². The second-order valence-electron chi connectivity index (χ2n) is 15.4. The van der Waals surface area contributed by atoms with Crippen molar-refractivity contribution in [1.29, 1.82) is 0 Å². The lowest BCUT2D eigenvalue weighted by Crippen LogP contribution is -2.60. The van der Waals surface area contributed by atoms with Crippen molar-refractivity contribution in [2.45, 2.75) is 109 Å². The number of aryl methyl sites for hydroxylation is 1. The van der Waals surface area contributed by atoms with Gasteiger partial charge in [0.2, 0.25) is 27.7 Å². The molecule has 0 radical (unpaired) electrons. The molecule has 3 aliphatic rings. The smallest absolute Gasteiger partial charge is 0.408 e. The molecule has 1 saturated heterocycles. The van der Waals surface area contributed by atoms with Crippen molar-refractivity contribution in [3.8, 4) is 5.88 Å². The van der Waals surface area contributed by atoms with Gasteiger partial charge in [0.1, 0.15) is 29.3 Å². The number of rotatable bonds is 10. The number of sulfonamides is 1. The normalized spacial score (nSPS) is 24.5. The van der Waals surface area contributed by atoms with Crippen molar-refractivity contribution < 1.29 is 37.1 Å². The molecule has 1 aliphatic heterocycles. The van der Waals surface area contributed by atoms with Gasteiger partial charge in [-0.25, -0.2) is 18.2 Å². The number of nitrogens with zero attached hydrogens (tertiary/aromatic N) is 2. The number of hydrogen-bond acceptors (Lipinski definition) is 9. The molecule has 5 rings (SSSR count). The summed E-state index contributed by atoms with van der Waals surface area (Å²) in [5, 5.41) is 6.56. The highest BCUT2D eigenvalue weighted by Gasteiger charge is 2.62. The molecular weight excluding hydrogens is 650 g/mol. The molecule has 5 unspecified atom stereocenters. The molecule has 0 spiro atoms. The number of alkyl carbamates (subject to hydrolysis) is 1. The number of hydrogen-bond donors (Lipinski definition) is 3. The maximum Gasteiger partial charge on any atom is 0.408 e. The average Bonchev–Trinajstić information content (AvgIpc) is 3.91. The summed E-state index contributed by atoms with van der Waals surface area (Å²) in [4.78, 5) is 60.7. The zero-order valence-corrected chi connectivity index (χ0v) is 30.0. The van der Waals surface area contributed by atoms with Crippen LogP contribution in [-0.2, 0) is 29.1 Å². The molecule has 2 heterocycles. The maximum absolute atomic E-state index is 14.4. The van der Waals surface area contributed by atoms with Crippen LogP contribution in [0.15, 0.2) is 43.1 Å². The first-order valence-electron chi connectivity index (χ1n) is 16.6. The van der Waals surface area contributed by atoms with Crippen molar-refractivity contribution in [3.05, 3.63) is 48.7 Å². The molecule has 266 valence electrons. The number of ether oxygens (including phenoxy) is 2. The molecule has 2 aliphatic carbocycles. The topological polar surface area (TPSA) is 173 Å². The van der Waals surface area contributed by atoms with Gasteiger partial charge in [0, 0.05) is 23.9 Å². The summed E-state index contributed by atoms with van der Waals surface area (Å²) >= 11 is 0. The van der Waals surface area contributed by atoms with Crippen LogP contribution in [0.5, 0.6) is 5.88 Å².